The molecule has 1 aromatic heterocycles. The first-order valence-corrected chi connectivity index (χ1v) is 5.24. The monoisotopic (exact) mass is 208 g/mol. The standard InChI is InChI=1S/C11H16N2O2/c1-3-12-4-2-10(1)8-14-9-11-7-13-5-6-15-11/h1-4,11,13H,5-9H2. The normalized spacial score (nSPS) is 21.5. The van der Waals surface area contributed by atoms with E-state index in [9.17, 15) is 0 Å². The third-order valence-corrected chi connectivity index (χ3v) is 2.33. The molecule has 1 unspecified atom stereocenters. The number of nitrogens with one attached hydrogen (secondary N) is 1. The van der Waals surface area contributed by atoms with Crippen molar-refractivity contribution >= 4 is 0 Å². The van der Waals surface area contributed by atoms with Gasteiger partial charge in [0.2, 0.25) is 0 Å². The molecule has 0 bridgehead atoms. The molecule has 1 saturated heterocycles. The van der Waals surface area contributed by atoms with Crippen LogP contribution in [0.3, 0.4) is 0 Å². The fourth-order valence-corrected chi connectivity index (χ4v) is 1.51. The van der Waals surface area contributed by atoms with E-state index in [1.165, 1.54) is 0 Å². The van der Waals surface area contributed by atoms with Gasteiger partial charge in [0.05, 0.1) is 25.9 Å². The number of ether oxygens (including phenoxy) is 2. The second-order valence-electron chi connectivity index (χ2n) is 3.57. The van der Waals surface area contributed by atoms with E-state index in [-0.39, 0.29) is 6.10 Å². The molecule has 82 valence electrons. The summed E-state index contributed by atoms with van der Waals surface area (Å²) in [4.78, 5) is 3.95. The minimum Gasteiger partial charge on any atom is -0.374 e. The zero-order valence-corrected chi connectivity index (χ0v) is 8.69. The summed E-state index contributed by atoms with van der Waals surface area (Å²) >= 11 is 0. The fourth-order valence-electron chi connectivity index (χ4n) is 1.51. The van der Waals surface area contributed by atoms with Crippen LogP contribution in [0.5, 0.6) is 0 Å². The van der Waals surface area contributed by atoms with Crippen molar-refractivity contribution in [1.29, 1.82) is 0 Å². The number of nitrogens with zero attached hydrogens (tertiary/aromatic N) is 1. The van der Waals surface area contributed by atoms with Crippen LogP contribution in [0.4, 0.5) is 0 Å². The highest BCUT2D eigenvalue weighted by atomic mass is 16.5. The van der Waals surface area contributed by atoms with Gasteiger partial charge in [-0.2, -0.15) is 0 Å². The molecule has 0 radical (unpaired) electrons. The summed E-state index contributed by atoms with van der Waals surface area (Å²) in [5, 5.41) is 3.27. The zero-order valence-electron chi connectivity index (χ0n) is 8.69. The summed E-state index contributed by atoms with van der Waals surface area (Å²) in [7, 11) is 0. The molecule has 1 aromatic rings. The van der Waals surface area contributed by atoms with Crippen LogP contribution in [0, 0.1) is 0 Å². The summed E-state index contributed by atoms with van der Waals surface area (Å²) in [6.45, 7) is 3.89. The largest absolute Gasteiger partial charge is 0.374 e. The number of morpholine rings is 1. The van der Waals surface area contributed by atoms with Crippen LogP contribution in [-0.4, -0.2) is 37.4 Å². The summed E-state index contributed by atoms with van der Waals surface area (Å²) in [5.41, 5.74) is 1.15. The van der Waals surface area contributed by atoms with E-state index >= 15 is 0 Å². The topological polar surface area (TPSA) is 43.4 Å². The van der Waals surface area contributed by atoms with Crippen molar-refractivity contribution < 1.29 is 9.47 Å². The van der Waals surface area contributed by atoms with Crippen LogP contribution in [0.1, 0.15) is 5.56 Å². The lowest BCUT2D eigenvalue weighted by Crippen LogP contribution is -2.40. The maximum atomic E-state index is 5.57. The van der Waals surface area contributed by atoms with Crippen molar-refractivity contribution in [3.63, 3.8) is 0 Å². The van der Waals surface area contributed by atoms with Gasteiger partial charge in [0.1, 0.15) is 0 Å². The Morgan fingerprint density at radius 3 is 3.07 bits per heavy atom. The van der Waals surface area contributed by atoms with E-state index in [0.29, 0.717) is 13.2 Å². The maximum absolute atomic E-state index is 5.57. The van der Waals surface area contributed by atoms with Gasteiger partial charge < -0.3 is 14.8 Å². The van der Waals surface area contributed by atoms with Gasteiger partial charge in [-0.15, -0.1) is 0 Å². The van der Waals surface area contributed by atoms with E-state index in [1.54, 1.807) is 12.4 Å². The van der Waals surface area contributed by atoms with Gasteiger partial charge in [0, 0.05) is 25.5 Å². The molecule has 4 nitrogen and oxygen atoms in total. The van der Waals surface area contributed by atoms with Crippen molar-refractivity contribution in [1.82, 2.24) is 10.3 Å². The van der Waals surface area contributed by atoms with Gasteiger partial charge in [-0.25, -0.2) is 0 Å². The number of aromatic nitrogens is 1. The van der Waals surface area contributed by atoms with Crippen LogP contribution in [-0.2, 0) is 16.1 Å². The van der Waals surface area contributed by atoms with Crippen LogP contribution >= 0.6 is 0 Å². The van der Waals surface area contributed by atoms with E-state index in [0.717, 1.165) is 25.3 Å². The lowest BCUT2D eigenvalue weighted by atomic mass is 10.3. The smallest absolute Gasteiger partial charge is 0.0933 e. The van der Waals surface area contributed by atoms with Crippen LogP contribution < -0.4 is 5.32 Å². The zero-order chi connectivity index (χ0) is 10.3. The van der Waals surface area contributed by atoms with Crippen LogP contribution in [0.2, 0.25) is 0 Å². The molecular formula is C11H16N2O2. The summed E-state index contributed by atoms with van der Waals surface area (Å²) in [5.74, 6) is 0. The van der Waals surface area contributed by atoms with Crippen molar-refractivity contribution in [3.05, 3.63) is 30.1 Å². The Kier molecular flexibility index (Phi) is 4.08. The summed E-state index contributed by atoms with van der Waals surface area (Å²) < 4.78 is 11.1. The number of pyridine rings is 1. The Balaban J connectivity index is 1.66. The number of rotatable bonds is 4. The molecule has 1 aliphatic rings. The Labute approximate surface area is 89.6 Å². The predicted octanol–water partition coefficient (Wildman–Crippen LogP) is 0.587. The van der Waals surface area contributed by atoms with Crippen molar-refractivity contribution in [3.8, 4) is 0 Å². The minimum atomic E-state index is 0.195. The van der Waals surface area contributed by atoms with Crippen molar-refractivity contribution in [2.75, 3.05) is 26.3 Å². The van der Waals surface area contributed by atoms with Gasteiger partial charge >= 0.3 is 0 Å². The second-order valence-corrected chi connectivity index (χ2v) is 3.57. The average molecular weight is 208 g/mol. The number of hydrogen-bond acceptors (Lipinski definition) is 4. The lowest BCUT2D eigenvalue weighted by molar-refractivity contribution is -0.0357. The molecule has 1 atom stereocenters. The van der Waals surface area contributed by atoms with Gasteiger partial charge in [0.15, 0.2) is 0 Å². The lowest BCUT2D eigenvalue weighted by Gasteiger charge is -2.23. The highest BCUT2D eigenvalue weighted by molar-refractivity contribution is 5.07. The Morgan fingerprint density at radius 1 is 1.47 bits per heavy atom. The molecule has 1 N–H and O–H groups in total. The summed E-state index contributed by atoms with van der Waals surface area (Å²) in [6.07, 6.45) is 3.75. The Morgan fingerprint density at radius 2 is 2.33 bits per heavy atom. The predicted molar refractivity (Wildman–Crippen MR) is 56.5 cm³/mol. The molecule has 1 fully saturated rings. The summed E-state index contributed by atoms with van der Waals surface area (Å²) in [6, 6.07) is 3.92. The molecule has 1 aliphatic heterocycles. The minimum absolute atomic E-state index is 0.195. The molecule has 0 saturated carbocycles. The van der Waals surface area contributed by atoms with E-state index in [4.69, 9.17) is 9.47 Å². The Bertz CT molecular complexity index is 273. The first-order chi connectivity index (χ1) is 7.45. The first-order valence-electron chi connectivity index (χ1n) is 5.24. The second kappa shape index (κ2) is 5.80. The molecule has 0 spiro atoms. The Hall–Kier alpha value is -0.970. The third-order valence-electron chi connectivity index (χ3n) is 2.33. The molecule has 4 heteroatoms. The van der Waals surface area contributed by atoms with Crippen LogP contribution in [0.25, 0.3) is 0 Å². The molecule has 0 amide bonds. The van der Waals surface area contributed by atoms with Crippen LogP contribution in [0.15, 0.2) is 24.5 Å². The van der Waals surface area contributed by atoms with Crippen molar-refractivity contribution in [2.24, 2.45) is 0 Å². The van der Waals surface area contributed by atoms with Gasteiger partial charge in [0.25, 0.3) is 0 Å². The highest BCUT2D eigenvalue weighted by Gasteiger charge is 2.12. The SMILES string of the molecule is c1cc(COCC2CNCCO2)ccn1. The fraction of sp³-hybridized carbons (Fsp3) is 0.545. The van der Waals surface area contributed by atoms with Gasteiger partial charge in [-0.1, -0.05) is 0 Å². The first kappa shape index (κ1) is 10.5. The average Bonchev–Trinajstić information content (AvgIpc) is 2.32. The van der Waals surface area contributed by atoms with Gasteiger partial charge in [-0.05, 0) is 17.7 Å². The highest BCUT2D eigenvalue weighted by Crippen LogP contribution is 2.02. The maximum Gasteiger partial charge on any atom is 0.0933 e. The molecular weight excluding hydrogens is 192 g/mol. The molecule has 0 aliphatic carbocycles. The third kappa shape index (κ3) is 3.58. The number of hydrogen-bond donors (Lipinski definition) is 1. The molecule has 15 heavy (non-hydrogen) atoms. The van der Waals surface area contributed by atoms with Crippen molar-refractivity contribution in [2.45, 2.75) is 12.7 Å². The molecule has 2 heterocycles. The molecule has 0 aromatic carbocycles. The van der Waals surface area contributed by atoms with E-state index in [1.807, 2.05) is 12.1 Å². The van der Waals surface area contributed by atoms with Gasteiger partial charge in [-0.3, -0.25) is 4.98 Å². The van der Waals surface area contributed by atoms with E-state index in [2.05, 4.69) is 10.3 Å². The molecule has 2 rings (SSSR count). The quantitative estimate of drug-likeness (QED) is 0.786. The van der Waals surface area contributed by atoms with E-state index < -0.39 is 0 Å².